The van der Waals surface area contributed by atoms with Crippen LogP contribution in [0.4, 0.5) is 0 Å². The van der Waals surface area contributed by atoms with E-state index in [9.17, 15) is 0 Å². The average Bonchev–Trinajstić information content (AvgIpc) is 2.97. The van der Waals surface area contributed by atoms with Gasteiger partial charge in [0.05, 0.1) is 6.10 Å². The van der Waals surface area contributed by atoms with Gasteiger partial charge in [0.15, 0.2) is 0 Å². The number of rotatable bonds is 4. The van der Waals surface area contributed by atoms with Crippen LogP contribution in [-0.2, 0) is 4.74 Å². The maximum Gasteiger partial charge on any atom is 0.136 e. The predicted molar refractivity (Wildman–Crippen MR) is 92.8 cm³/mol. The predicted octanol–water partition coefficient (Wildman–Crippen LogP) is 3.63. The average molecular weight is 303 g/mol. The van der Waals surface area contributed by atoms with E-state index in [4.69, 9.17) is 16.2 Å². The summed E-state index contributed by atoms with van der Waals surface area (Å²) in [7, 11) is 0. The van der Waals surface area contributed by atoms with Crippen LogP contribution in [-0.4, -0.2) is 10.7 Å². The lowest BCUT2D eigenvalue weighted by atomic mass is 9.91. The monoisotopic (exact) mass is 303 g/mol. The van der Waals surface area contributed by atoms with Crippen molar-refractivity contribution in [1.82, 2.24) is 4.57 Å². The van der Waals surface area contributed by atoms with Crippen molar-refractivity contribution in [2.24, 2.45) is 23.3 Å². The van der Waals surface area contributed by atoms with Gasteiger partial charge in [0, 0.05) is 34.6 Å². The molecule has 22 heavy (non-hydrogen) atoms. The Morgan fingerprint density at radius 1 is 1.41 bits per heavy atom. The zero-order chi connectivity index (χ0) is 16.6. The Hall–Kier alpha value is -1.68. The minimum atomic E-state index is 0.0392. The molecule has 2 rings (SSSR count). The van der Waals surface area contributed by atoms with Crippen LogP contribution in [0.25, 0.3) is 11.3 Å². The first-order chi connectivity index (χ1) is 10.3. The topological polar surface area (TPSA) is 66.2 Å². The summed E-state index contributed by atoms with van der Waals surface area (Å²) in [6, 6.07) is 0. The Balaban J connectivity index is 2.51. The van der Waals surface area contributed by atoms with E-state index in [1.165, 1.54) is 0 Å². The van der Waals surface area contributed by atoms with Gasteiger partial charge in [-0.1, -0.05) is 27.4 Å². The van der Waals surface area contributed by atoms with E-state index in [2.05, 4.69) is 45.0 Å². The van der Waals surface area contributed by atoms with Crippen molar-refractivity contribution in [3.8, 4) is 0 Å². The standard InChI is InChI=1S/C18H29N3O/c1-7-16-11(3)12(4)18(22-16)21-9-15(10(2)8-19)17(13(5)20)14(21)6/h8-9,11-12,16,18H,5,7,19-20H2,1-4,6H3/b10-8+/t11-,12-,16+,18+/m0/s1. The highest BCUT2D eigenvalue weighted by molar-refractivity contribution is 5.78. The van der Waals surface area contributed by atoms with Gasteiger partial charge in [-0.05, 0) is 38.0 Å². The quantitative estimate of drug-likeness (QED) is 0.892. The third kappa shape index (κ3) is 2.56. The molecule has 1 aliphatic rings. The SMILES string of the molecule is C=C(N)c1c(/C(C)=C/N)cn([C@@H]2O[C@H](CC)[C@@H](C)[C@@H]2C)c1C. The molecule has 0 unspecified atom stereocenters. The van der Waals surface area contributed by atoms with Gasteiger partial charge < -0.3 is 20.8 Å². The zero-order valence-electron chi connectivity index (χ0n) is 14.4. The molecule has 0 aromatic carbocycles. The molecule has 1 fully saturated rings. The van der Waals surface area contributed by atoms with E-state index >= 15 is 0 Å². The van der Waals surface area contributed by atoms with E-state index in [1.54, 1.807) is 6.20 Å². The van der Waals surface area contributed by atoms with E-state index in [0.29, 0.717) is 23.6 Å². The highest BCUT2D eigenvalue weighted by Gasteiger charge is 2.39. The van der Waals surface area contributed by atoms with Crippen molar-refractivity contribution < 1.29 is 4.74 Å². The molecule has 0 amide bonds. The fourth-order valence-electron chi connectivity index (χ4n) is 3.49. The van der Waals surface area contributed by atoms with Crippen LogP contribution < -0.4 is 11.5 Å². The fourth-order valence-corrected chi connectivity index (χ4v) is 3.49. The molecule has 0 bridgehead atoms. The van der Waals surface area contributed by atoms with Gasteiger partial charge in [0.1, 0.15) is 6.23 Å². The molecule has 4 atom stereocenters. The van der Waals surface area contributed by atoms with Gasteiger partial charge >= 0.3 is 0 Å². The van der Waals surface area contributed by atoms with Crippen LogP contribution in [0, 0.1) is 18.8 Å². The maximum absolute atomic E-state index is 6.31. The first-order valence-electron chi connectivity index (χ1n) is 8.03. The van der Waals surface area contributed by atoms with Gasteiger partial charge in [0.25, 0.3) is 0 Å². The molecular weight excluding hydrogens is 274 g/mol. The van der Waals surface area contributed by atoms with Crippen molar-refractivity contribution in [2.45, 2.75) is 53.4 Å². The van der Waals surface area contributed by atoms with Crippen molar-refractivity contribution in [3.63, 3.8) is 0 Å². The third-order valence-corrected chi connectivity index (χ3v) is 5.14. The smallest absolute Gasteiger partial charge is 0.136 e. The summed E-state index contributed by atoms with van der Waals surface area (Å²) in [5.41, 5.74) is 16.4. The second-order valence-corrected chi connectivity index (χ2v) is 6.48. The highest BCUT2D eigenvalue weighted by atomic mass is 16.5. The summed E-state index contributed by atoms with van der Waals surface area (Å²) in [6.07, 6.45) is 5.10. The van der Waals surface area contributed by atoms with Crippen LogP contribution in [0.3, 0.4) is 0 Å². The molecule has 2 heterocycles. The lowest BCUT2D eigenvalue weighted by molar-refractivity contribution is -0.0148. The van der Waals surface area contributed by atoms with Crippen molar-refractivity contribution in [1.29, 1.82) is 0 Å². The van der Waals surface area contributed by atoms with E-state index in [1.807, 2.05) is 6.92 Å². The summed E-state index contributed by atoms with van der Waals surface area (Å²) < 4.78 is 8.51. The Morgan fingerprint density at radius 2 is 2.05 bits per heavy atom. The highest BCUT2D eigenvalue weighted by Crippen LogP contribution is 2.42. The van der Waals surface area contributed by atoms with Crippen molar-refractivity contribution in [3.05, 3.63) is 35.8 Å². The number of nitrogens with two attached hydrogens (primary N) is 2. The van der Waals surface area contributed by atoms with Gasteiger partial charge in [0.2, 0.25) is 0 Å². The Morgan fingerprint density at radius 3 is 2.50 bits per heavy atom. The van der Waals surface area contributed by atoms with E-state index in [-0.39, 0.29) is 6.23 Å². The summed E-state index contributed by atoms with van der Waals surface area (Å²) in [4.78, 5) is 0. The van der Waals surface area contributed by atoms with Crippen LogP contribution in [0.5, 0.6) is 0 Å². The minimum absolute atomic E-state index is 0.0392. The number of hydrogen-bond acceptors (Lipinski definition) is 3. The largest absolute Gasteiger partial charge is 0.404 e. The molecular formula is C18H29N3O. The molecule has 4 nitrogen and oxygen atoms in total. The first-order valence-corrected chi connectivity index (χ1v) is 8.03. The number of ether oxygens (including phenoxy) is 1. The second kappa shape index (κ2) is 6.21. The second-order valence-electron chi connectivity index (χ2n) is 6.48. The van der Waals surface area contributed by atoms with Gasteiger partial charge in [-0.15, -0.1) is 0 Å². The number of nitrogens with zero attached hydrogens (tertiary/aromatic N) is 1. The summed E-state index contributed by atoms with van der Waals surface area (Å²) in [5, 5.41) is 0. The maximum atomic E-state index is 6.31. The molecule has 4 heteroatoms. The fraction of sp³-hybridized carbons (Fsp3) is 0.556. The molecule has 0 radical (unpaired) electrons. The van der Waals surface area contributed by atoms with Crippen LogP contribution in [0.1, 0.15) is 57.2 Å². The lowest BCUT2D eigenvalue weighted by Crippen LogP contribution is -2.16. The third-order valence-electron chi connectivity index (χ3n) is 5.14. The lowest BCUT2D eigenvalue weighted by Gasteiger charge is -2.20. The van der Waals surface area contributed by atoms with Crippen LogP contribution in [0.2, 0.25) is 0 Å². The Bertz CT molecular complexity index is 600. The molecule has 1 aromatic heterocycles. The molecule has 4 N–H and O–H groups in total. The molecule has 0 aliphatic carbocycles. The minimum Gasteiger partial charge on any atom is -0.404 e. The normalized spacial score (nSPS) is 29.0. The molecule has 0 spiro atoms. The number of aromatic nitrogens is 1. The van der Waals surface area contributed by atoms with Crippen molar-refractivity contribution in [2.75, 3.05) is 0 Å². The summed E-state index contributed by atoms with van der Waals surface area (Å²) >= 11 is 0. The first kappa shape index (κ1) is 16.7. The molecule has 122 valence electrons. The van der Waals surface area contributed by atoms with Crippen LogP contribution in [0.15, 0.2) is 19.0 Å². The number of allylic oxidation sites excluding steroid dienone is 1. The van der Waals surface area contributed by atoms with Gasteiger partial charge in [-0.2, -0.15) is 0 Å². The van der Waals surface area contributed by atoms with Gasteiger partial charge in [-0.25, -0.2) is 0 Å². The molecule has 1 aromatic rings. The molecule has 1 saturated heterocycles. The summed E-state index contributed by atoms with van der Waals surface area (Å²) in [6.45, 7) is 14.7. The van der Waals surface area contributed by atoms with Crippen LogP contribution >= 0.6 is 0 Å². The number of hydrogen-bond donors (Lipinski definition) is 2. The van der Waals surface area contributed by atoms with Gasteiger partial charge in [-0.3, -0.25) is 0 Å². The van der Waals surface area contributed by atoms with E-state index < -0.39 is 0 Å². The Labute approximate surface area is 133 Å². The Kier molecular flexibility index (Phi) is 4.71. The molecule has 1 aliphatic heterocycles. The molecule has 0 saturated carbocycles. The van der Waals surface area contributed by atoms with Crippen molar-refractivity contribution >= 4 is 11.3 Å². The zero-order valence-corrected chi connectivity index (χ0v) is 14.4. The summed E-state index contributed by atoms with van der Waals surface area (Å²) in [5.74, 6) is 0.987. The van der Waals surface area contributed by atoms with E-state index in [0.717, 1.165) is 28.8 Å².